The average molecular weight is 398 g/mol. The number of guanidine groups is 1. The summed E-state index contributed by atoms with van der Waals surface area (Å²) in [6, 6.07) is 10.5. The van der Waals surface area contributed by atoms with Crippen molar-refractivity contribution < 1.29 is 9.53 Å². The smallest absolute Gasteiger partial charge is 0.308 e. The summed E-state index contributed by atoms with van der Waals surface area (Å²) in [5.41, 5.74) is 2.15. The highest BCUT2D eigenvalue weighted by atomic mass is 16.5. The molecule has 0 atom stereocenters. The number of carbonyl (C=O) groups excluding carboxylic acids is 1. The molecule has 0 amide bonds. The fourth-order valence-corrected chi connectivity index (χ4v) is 3.64. The van der Waals surface area contributed by atoms with Gasteiger partial charge in [-0.1, -0.05) is 12.1 Å². The van der Waals surface area contributed by atoms with Gasteiger partial charge < -0.3 is 15.4 Å². The molecule has 2 aromatic rings. The topological polar surface area (TPSA) is 80.5 Å². The molecule has 0 radical (unpaired) electrons. The molecule has 156 valence electrons. The molecule has 0 unspecified atom stereocenters. The molecular formula is C22H31N5O2. The fourth-order valence-electron chi connectivity index (χ4n) is 3.64. The van der Waals surface area contributed by atoms with Crippen LogP contribution in [0.15, 0.2) is 47.7 Å². The second kappa shape index (κ2) is 10.6. The fraction of sp³-hybridized carbons (Fsp3) is 0.500. The minimum Gasteiger partial charge on any atom is -0.466 e. The molecule has 1 aromatic carbocycles. The predicted octanol–water partition coefficient (Wildman–Crippen LogP) is 3.05. The highest BCUT2D eigenvalue weighted by Crippen LogP contribution is 2.25. The van der Waals surface area contributed by atoms with Crippen LogP contribution in [0.2, 0.25) is 0 Å². The van der Waals surface area contributed by atoms with Gasteiger partial charge >= 0.3 is 5.97 Å². The lowest BCUT2D eigenvalue weighted by molar-refractivity contribution is -0.149. The molecule has 1 saturated carbocycles. The molecule has 0 bridgehead atoms. The van der Waals surface area contributed by atoms with Gasteiger partial charge in [-0.25, -0.2) is 9.67 Å². The lowest BCUT2D eigenvalue weighted by Gasteiger charge is -2.29. The minimum absolute atomic E-state index is 0.0394. The standard InChI is InChI=1S/C22H31N5O2/c1-3-23-22(26-19-11-9-18(10-12-19)21(28)29-4-2)24-16-17-7-5-8-20(15-17)27-14-6-13-25-27/h5-8,13-15,18-19H,3-4,9-12,16H2,1-2H3,(H2,23,24,26). The molecular weight excluding hydrogens is 366 g/mol. The van der Waals surface area contributed by atoms with Gasteiger partial charge in [-0.15, -0.1) is 0 Å². The molecule has 1 heterocycles. The van der Waals surface area contributed by atoms with E-state index < -0.39 is 0 Å². The second-order valence-corrected chi connectivity index (χ2v) is 7.26. The maximum atomic E-state index is 11.9. The molecule has 0 aliphatic heterocycles. The van der Waals surface area contributed by atoms with Crippen LogP contribution in [0.4, 0.5) is 0 Å². The number of nitrogens with zero attached hydrogens (tertiary/aromatic N) is 3. The number of aromatic nitrogens is 2. The summed E-state index contributed by atoms with van der Waals surface area (Å²) in [5, 5.41) is 11.1. The van der Waals surface area contributed by atoms with Crippen LogP contribution < -0.4 is 10.6 Å². The van der Waals surface area contributed by atoms with Gasteiger partial charge in [-0.2, -0.15) is 5.10 Å². The van der Waals surface area contributed by atoms with Crippen LogP contribution >= 0.6 is 0 Å². The number of benzene rings is 1. The number of ether oxygens (including phenoxy) is 1. The first-order valence-corrected chi connectivity index (χ1v) is 10.5. The number of carbonyl (C=O) groups is 1. The van der Waals surface area contributed by atoms with Crippen LogP contribution in [0.25, 0.3) is 5.69 Å². The van der Waals surface area contributed by atoms with Crippen molar-refractivity contribution in [2.45, 2.75) is 52.1 Å². The molecule has 2 N–H and O–H groups in total. The van der Waals surface area contributed by atoms with Gasteiger partial charge in [0.15, 0.2) is 5.96 Å². The van der Waals surface area contributed by atoms with Gasteiger partial charge in [0.1, 0.15) is 0 Å². The SMILES string of the molecule is CCNC(=NCc1cccc(-n2cccn2)c1)NC1CCC(C(=O)OCC)CC1. The van der Waals surface area contributed by atoms with E-state index in [2.05, 4.69) is 34.8 Å². The molecule has 1 fully saturated rings. The first kappa shape index (κ1) is 20.9. The monoisotopic (exact) mass is 397 g/mol. The predicted molar refractivity (Wildman–Crippen MR) is 114 cm³/mol. The molecule has 1 aliphatic rings. The maximum absolute atomic E-state index is 11.9. The van der Waals surface area contributed by atoms with Crippen LogP contribution in [-0.2, 0) is 16.1 Å². The van der Waals surface area contributed by atoms with E-state index in [1.54, 1.807) is 6.20 Å². The Morgan fingerprint density at radius 3 is 2.76 bits per heavy atom. The summed E-state index contributed by atoms with van der Waals surface area (Å²) in [6.45, 7) is 5.76. The van der Waals surface area contributed by atoms with E-state index in [0.29, 0.717) is 19.2 Å². The third kappa shape index (κ3) is 6.07. The molecule has 1 aromatic heterocycles. The molecule has 3 rings (SSSR count). The summed E-state index contributed by atoms with van der Waals surface area (Å²) in [4.78, 5) is 16.7. The van der Waals surface area contributed by atoms with E-state index in [-0.39, 0.29) is 11.9 Å². The van der Waals surface area contributed by atoms with Crippen LogP contribution in [0.1, 0.15) is 45.1 Å². The Bertz CT molecular complexity index is 795. The van der Waals surface area contributed by atoms with E-state index in [4.69, 9.17) is 9.73 Å². The Kier molecular flexibility index (Phi) is 7.67. The molecule has 0 spiro atoms. The third-order valence-corrected chi connectivity index (χ3v) is 5.13. The lowest BCUT2D eigenvalue weighted by Crippen LogP contribution is -2.45. The van der Waals surface area contributed by atoms with Crippen molar-refractivity contribution in [3.05, 3.63) is 48.3 Å². The van der Waals surface area contributed by atoms with E-state index >= 15 is 0 Å². The summed E-state index contributed by atoms with van der Waals surface area (Å²) < 4.78 is 7.00. The van der Waals surface area contributed by atoms with Gasteiger partial charge in [0.25, 0.3) is 0 Å². The van der Waals surface area contributed by atoms with Crippen LogP contribution in [0, 0.1) is 5.92 Å². The highest BCUT2D eigenvalue weighted by Gasteiger charge is 2.27. The highest BCUT2D eigenvalue weighted by molar-refractivity contribution is 5.80. The van der Waals surface area contributed by atoms with E-state index in [1.165, 1.54) is 0 Å². The van der Waals surface area contributed by atoms with Crippen molar-refractivity contribution in [3.8, 4) is 5.69 Å². The Morgan fingerprint density at radius 2 is 2.07 bits per heavy atom. The van der Waals surface area contributed by atoms with Crippen molar-refractivity contribution in [3.63, 3.8) is 0 Å². The quantitative estimate of drug-likeness (QED) is 0.426. The van der Waals surface area contributed by atoms with E-state index in [9.17, 15) is 4.79 Å². The zero-order valence-corrected chi connectivity index (χ0v) is 17.3. The molecule has 7 heteroatoms. The Hall–Kier alpha value is -2.83. The summed E-state index contributed by atoms with van der Waals surface area (Å²) >= 11 is 0. The zero-order valence-electron chi connectivity index (χ0n) is 17.3. The van der Waals surface area contributed by atoms with Gasteiger partial charge in [-0.05, 0) is 63.3 Å². The zero-order chi connectivity index (χ0) is 20.5. The maximum Gasteiger partial charge on any atom is 0.308 e. The Morgan fingerprint density at radius 1 is 1.24 bits per heavy atom. The summed E-state index contributed by atoms with van der Waals surface area (Å²) in [5.74, 6) is 0.803. The summed E-state index contributed by atoms with van der Waals surface area (Å²) in [7, 11) is 0. The van der Waals surface area contributed by atoms with Crippen LogP contribution in [-0.4, -0.2) is 40.9 Å². The number of hydrogen-bond acceptors (Lipinski definition) is 4. The van der Waals surface area contributed by atoms with Gasteiger partial charge in [0.2, 0.25) is 0 Å². The van der Waals surface area contributed by atoms with Gasteiger partial charge in [-0.3, -0.25) is 4.79 Å². The first-order valence-electron chi connectivity index (χ1n) is 10.5. The van der Waals surface area contributed by atoms with Crippen LogP contribution in [0.5, 0.6) is 0 Å². The average Bonchev–Trinajstić information content (AvgIpc) is 3.28. The number of rotatable bonds is 7. The van der Waals surface area contributed by atoms with Crippen molar-refractivity contribution in [1.82, 2.24) is 20.4 Å². The third-order valence-electron chi connectivity index (χ3n) is 5.13. The number of esters is 1. The number of nitrogens with one attached hydrogen (secondary N) is 2. The molecule has 29 heavy (non-hydrogen) atoms. The van der Waals surface area contributed by atoms with Crippen molar-refractivity contribution in [2.24, 2.45) is 10.9 Å². The van der Waals surface area contributed by atoms with Crippen molar-refractivity contribution in [2.75, 3.05) is 13.2 Å². The number of aliphatic imine (C=N–C) groups is 1. The first-order chi connectivity index (χ1) is 14.2. The van der Waals surface area contributed by atoms with Crippen molar-refractivity contribution in [1.29, 1.82) is 0 Å². The molecule has 0 saturated heterocycles. The van der Waals surface area contributed by atoms with Gasteiger partial charge in [0.05, 0.1) is 24.8 Å². The Labute approximate surface area is 172 Å². The molecule has 1 aliphatic carbocycles. The Balaban J connectivity index is 1.57. The van der Waals surface area contributed by atoms with Gasteiger partial charge in [0, 0.05) is 25.0 Å². The van der Waals surface area contributed by atoms with Crippen LogP contribution in [0.3, 0.4) is 0 Å². The molecule has 7 nitrogen and oxygen atoms in total. The minimum atomic E-state index is -0.0522. The normalized spacial score (nSPS) is 19.6. The van der Waals surface area contributed by atoms with E-state index in [0.717, 1.165) is 49.4 Å². The number of hydrogen-bond donors (Lipinski definition) is 2. The lowest BCUT2D eigenvalue weighted by atomic mass is 9.86. The van der Waals surface area contributed by atoms with E-state index in [1.807, 2.05) is 36.0 Å². The largest absolute Gasteiger partial charge is 0.466 e. The second-order valence-electron chi connectivity index (χ2n) is 7.26. The van der Waals surface area contributed by atoms with Crippen molar-refractivity contribution >= 4 is 11.9 Å². The summed E-state index contributed by atoms with van der Waals surface area (Å²) in [6.07, 6.45) is 7.32.